The minimum atomic E-state index is -0.772. The Hall–Kier alpha value is -3.93. The molecule has 3 aromatic carbocycles. The molecule has 2 fully saturated rings. The second-order valence-electron chi connectivity index (χ2n) is 11.0. The highest BCUT2D eigenvalue weighted by Crippen LogP contribution is 2.42. The number of hydrogen-bond donors (Lipinski definition) is 3. The van der Waals surface area contributed by atoms with E-state index in [1.807, 2.05) is 30.3 Å². The first kappa shape index (κ1) is 28.2. The summed E-state index contributed by atoms with van der Waals surface area (Å²) in [6.45, 7) is 4.09. The van der Waals surface area contributed by atoms with Crippen LogP contribution in [0.15, 0.2) is 66.7 Å². The van der Waals surface area contributed by atoms with Crippen molar-refractivity contribution < 1.29 is 38.8 Å². The molecule has 3 aromatic rings. The Morgan fingerprint density at radius 1 is 0.976 bits per heavy atom. The van der Waals surface area contributed by atoms with Gasteiger partial charge in [0.1, 0.15) is 0 Å². The SMILES string of the molecule is CC1C(CN2CCC(O)C2)OC(c2cccc(NC(=O)c3ccc4c(c3)C(=O)OC4=O)c2)OC1c1ccc(CO)cc1. The van der Waals surface area contributed by atoms with Gasteiger partial charge in [0.05, 0.1) is 36.0 Å². The Labute approximate surface area is 242 Å². The summed E-state index contributed by atoms with van der Waals surface area (Å²) in [5.41, 5.74) is 3.42. The summed E-state index contributed by atoms with van der Waals surface area (Å²) in [6, 6.07) is 19.1. The number of nitrogens with one attached hydrogen (secondary N) is 1. The van der Waals surface area contributed by atoms with Crippen molar-refractivity contribution in [1.82, 2.24) is 4.90 Å². The Morgan fingerprint density at radius 3 is 2.50 bits per heavy atom. The summed E-state index contributed by atoms with van der Waals surface area (Å²) in [6.07, 6.45) is -0.810. The van der Waals surface area contributed by atoms with E-state index in [2.05, 4.69) is 21.9 Å². The largest absolute Gasteiger partial charge is 0.392 e. The minimum Gasteiger partial charge on any atom is -0.392 e. The molecule has 0 bridgehead atoms. The van der Waals surface area contributed by atoms with Gasteiger partial charge < -0.3 is 29.7 Å². The van der Waals surface area contributed by atoms with Gasteiger partial charge in [0, 0.05) is 42.4 Å². The normalized spacial score (nSPS) is 25.7. The van der Waals surface area contributed by atoms with E-state index in [1.54, 1.807) is 18.2 Å². The van der Waals surface area contributed by atoms with Crippen molar-refractivity contribution in [2.45, 2.75) is 44.6 Å². The molecule has 0 aromatic heterocycles. The number of cyclic esters (lactones) is 2. The fraction of sp³-hybridized carbons (Fsp3) is 0.344. The maximum Gasteiger partial charge on any atom is 0.346 e. The van der Waals surface area contributed by atoms with Crippen molar-refractivity contribution in [3.05, 3.63) is 100 Å². The van der Waals surface area contributed by atoms with Crippen LogP contribution < -0.4 is 5.32 Å². The van der Waals surface area contributed by atoms with Crippen LogP contribution in [0.25, 0.3) is 0 Å². The maximum atomic E-state index is 13.0. The van der Waals surface area contributed by atoms with Gasteiger partial charge in [-0.15, -0.1) is 0 Å². The lowest BCUT2D eigenvalue weighted by Gasteiger charge is -2.42. The number of β-amino-alcohol motifs (C(OH)–C–C–N with tert-alkyl or cyclic N) is 1. The maximum absolute atomic E-state index is 13.0. The average molecular weight is 573 g/mol. The smallest absolute Gasteiger partial charge is 0.346 e. The van der Waals surface area contributed by atoms with Crippen molar-refractivity contribution in [3.63, 3.8) is 0 Å². The van der Waals surface area contributed by atoms with E-state index in [9.17, 15) is 24.6 Å². The molecule has 10 heteroatoms. The van der Waals surface area contributed by atoms with E-state index >= 15 is 0 Å². The van der Waals surface area contributed by atoms with Crippen LogP contribution in [0.4, 0.5) is 5.69 Å². The molecular formula is C32H32N2O8. The van der Waals surface area contributed by atoms with Crippen LogP contribution in [0, 0.1) is 5.92 Å². The summed E-state index contributed by atoms with van der Waals surface area (Å²) < 4.78 is 17.7. The summed E-state index contributed by atoms with van der Waals surface area (Å²) in [7, 11) is 0. The third-order valence-electron chi connectivity index (χ3n) is 8.13. The molecule has 0 radical (unpaired) electrons. The lowest BCUT2D eigenvalue weighted by atomic mass is 9.90. The lowest BCUT2D eigenvalue weighted by Crippen LogP contribution is -2.44. The van der Waals surface area contributed by atoms with E-state index in [0.717, 1.165) is 24.1 Å². The standard InChI is InChI=1S/C32H32N2O8/c1-18-27(16-34-12-11-24(36)15-34)40-32(41-28(18)20-7-5-19(17-35)6-8-20)22-3-2-4-23(13-22)33-29(37)21-9-10-25-26(14-21)31(39)42-30(25)38/h2-10,13-14,18,24,27-28,32,35-36H,11-12,15-17H2,1H3,(H,33,37). The van der Waals surface area contributed by atoms with E-state index in [-0.39, 0.29) is 47.5 Å². The molecule has 3 heterocycles. The van der Waals surface area contributed by atoms with Gasteiger partial charge in [-0.25, -0.2) is 9.59 Å². The monoisotopic (exact) mass is 572 g/mol. The first-order valence-corrected chi connectivity index (χ1v) is 14.0. The lowest BCUT2D eigenvalue weighted by molar-refractivity contribution is -0.276. The second kappa shape index (κ2) is 11.7. The predicted molar refractivity (Wildman–Crippen MR) is 151 cm³/mol. The zero-order valence-electron chi connectivity index (χ0n) is 23.1. The first-order valence-electron chi connectivity index (χ1n) is 14.0. The number of ether oxygens (including phenoxy) is 3. The number of likely N-dealkylation sites (tertiary alicyclic amines) is 1. The summed E-state index contributed by atoms with van der Waals surface area (Å²) >= 11 is 0. The summed E-state index contributed by atoms with van der Waals surface area (Å²) in [5, 5.41) is 22.4. The number of rotatable bonds is 7. The van der Waals surface area contributed by atoms with Crippen LogP contribution >= 0.6 is 0 Å². The van der Waals surface area contributed by atoms with Crippen LogP contribution in [-0.4, -0.2) is 64.8 Å². The molecule has 3 aliphatic heterocycles. The van der Waals surface area contributed by atoms with Crippen molar-refractivity contribution >= 4 is 23.5 Å². The molecule has 6 rings (SSSR count). The molecule has 218 valence electrons. The molecule has 10 nitrogen and oxygen atoms in total. The van der Waals surface area contributed by atoms with Gasteiger partial charge >= 0.3 is 11.9 Å². The number of carbonyl (C=O) groups is 3. The Bertz CT molecular complexity index is 1510. The van der Waals surface area contributed by atoms with Gasteiger partial charge in [0.15, 0.2) is 6.29 Å². The van der Waals surface area contributed by atoms with Gasteiger partial charge in [-0.05, 0) is 47.9 Å². The summed E-state index contributed by atoms with van der Waals surface area (Å²) in [5.74, 6) is -1.95. The highest BCUT2D eigenvalue weighted by molar-refractivity contribution is 6.16. The number of aliphatic hydroxyl groups is 2. The van der Waals surface area contributed by atoms with Crippen LogP contribution in [0.5, 0.6) is 0 Å². The van der Waals surface area contributed by atoms with E-state index in [4.69, 9.17) is 9.47 Å². The molecule has 5 atom stereocenters. The highest BCUT2D eigenvalue weighted by Gasteiger charge is 2.40. The number of carbonyl (C=O) groups excluding carboxylic acids is 3. The minimum absolute atomic E-state index is 0.000218. The fourth-order valence-corrected chi connectivity index (χ4v) is 5.75. The van der Waals surface area contributed by atoms with Gasteiger partial charge in [-0.3, -0.25) is 9.69 Å². The predicted octanol–water partition coefficient (Wildman–Crippen LogP) is 3.60. The molecule has 3 aliphatic rings. The van der Waals surface area contributed by atoms with Gasteiger partial charge in [0.25, 0.3) is 5.91 Å². The number of esters is 2. The highest BCUT2D eigenvalue weighted by atomic mass is 16.7. The number of aliphatic hydroxyl groups excluding tert-OH is 2. The van der Waals surface area contributed by atoms with Crippen molar-refractivity contribution in [1.29, 1.82) is 0 Å². The first-order chi connectivity index (χ1) is 20.3. The Balaban J connectivity index is 1.23. The van der Waals surface area contributed by atoms with Gasteiger partial charge in [-0.2, -0.15) is 0 Å². The van der Waals surface area contributed by atoms with Crippen LogP contribution in [-0.2, 0) is 20.8 Å². The summed E-state index contributed by atoms with van der Waals surface area (Å²) in [4.78, 5) is 38.9. The molecule has 1 amide bonds. The van der Waals surface area contributed by atoms with Crippen LogP contribution in [0.2, 0.25) is 0 Å². The molecule has 42 heavy (non-hydrogen) atoms. The number of hydrogen-bond acceptors (Lipinski definition) is 9. The Kier molecular flexibility index (Phi) is 7.89. The molecule has 0 aliphatic carbocycles. The van der Waals surface area contributed by atoms with Crippen molar-refractivity contribution in [2.24, 2.45) is 5.92 Å². The Morgan fingerprint density at radius 2 is 1.76 bits per heavy atom. The molecular weight excluding hydrogens is 540 g/mol. The van der Waals surface area contributed by atoms with E-state index < -0.39 is 24.1 Å². The average Bonchev–Trinajstić information content (AvgIpc) is 3.54. The topological polar surface area (TPSA) is 135 Å². The van der Waals surface area contributed by atoms with Crippen molar-refractivity contribution in [3.8, 4) is 0 Å². The zero-order valence-corrected chi connectivity index (χ0v) is 23.1. The van der Waals surface area contributed by atoms with E-state index in [0.29, 0.717) is 24.3 Å². The third kappa shape index (κ3) is 5.72. The molecule has 3 N–H and O–H groups in total. The second-order valence-corrected chi connectivity index (χ2v) is 11.0. The molecule has 5 unspecified atom stereocenters. The number of fused-ring (bicyclic) bond motifs is 1. The number of nitrogens with zero attached hydrogens (tertiary/aromatic N) is 1. The van der Waals surface area contributed by atoms with Gasteiger partial charge in [-0.1, -0.05) is 43.3 Å². The fourth-order valence-electron chi connectivity index (χ4n) is 5.75. The van der Waals surface area contributed by atoms with Crippen molar-refractivity contribution in [2.75, 3.05) is 25.0 Å². The van der Waals surface area contributed by atoms with Crippen LogP contribution in [0.3, 0.4) is 0 Å². The molecule has 0 spiro atoms. The zero-order chi connectivity index (χ0) is 29.4. The van der Waals surface area contributed by atoms with E-state index in [1.165, 1.54) is 18.2 Å². The quantitative estimate of drug-likeness (QED) is 0.287. The molecule has 2 saturated heterocycles. The number of anilines is 1. The molecule has 0 saturated carbocycles. The number of benzene rings is 3. The number of amides is 1. The van der Waals surface area contributed by atoms with Gasteiger partial charge in [0.2, 0.25) is 0 Å². The third-order valence-corrected chi connectivity index (χ3v) is 8.13. The van der Waals surface area contributed by atoms with Crippen LogP contribution in [0.1, 0.15) is 73.5 Å².